The first-order chi connectivity index (χ1) is 8.75. The number of nitrogens with zero attached hydrogens (tertiary/aromatic N) is 2. The number of hydrogen-bond acceptors (Lipinski definition) is 3. The van der Waals surface area contributed by atoms with Crippen molar-refractivity contribution in [1.82, 2.24) is 9.99 Å². The van der Waals surface area contributed by atoms with E-state index in [4.69, 9.17) is 0 Å². The van der Waals surface area contributed by atoms with Crippen molar-refractivity contribution in [3.63, 3.8) is 0 Å². The molecule has 96 valence electrons. The van der Waals surface area contributed by atoms with Crippen LogP contribution in [0.15, 0.2) is 34.3 Å². The van der Waals surface area contributed by atoms with E-state index < -0.39 is 0 Å². The van der Waals surface area contributed by atoms with E-state index >= 15 is 0 Å². The molecule has 1 aliphatic rings. The van der Waals surface area contributed by atoms with Crippen LogP contribution in [0.4, 0.5) is 0 Å². The molecular formula is C13H17N3O2. The number of hydrogen-bond donors (Lipinski definition) is 1. The highest BCUT2D eigenvalue weighted by Gasteiger charge is 2.08. The summed E-state index contributed by atoms with van der Waals surface area (Å²) >= 11 is 0. The van der Waals surface area contributed by atoms with Crippen molar-refractivity contribution >= 4 is 11.6 Å². The number of rotatable bonds is 3. The smallest absolute Gasteiger partial charge is 0.260 e. The molecule has 0 saturated heterocycles. The van der Waals surface area contributed by atoms with Gasteiger partial charge in [-0.15, -0.1) is 0 Å². The van der Waals surface area contributed by atoms with Gasteiger partial charge in [-0.25, -0.2) is 5.43 Å². The molecule has 0 radical (unpaired) electrons. The molecule has 1 aromatic heterocycles. The maximum atomic E-state index is 11.6. The van der Waals surface area contributed by atoms with Crippen molar-refractivity contribution in [2.24, 2.45) is 5.10 Å². The molecule has 18 heavy (non-hydrogen) atoms. The zero-order chi connectivity index (χ0) is 12.8. The van der Waals surface area contributed by atoms with Crippen molar-refractivity contribution in [2.45, 2.75) is 38.6 Å². The Morgan fingerprint density at radius 1 is 1.28 bits per heavy atom. The maximum Gasteiger partial charge on any atom is 0.260 e. The third-order valence-electron chi connectivity index (χ3n) is 2.98. The molecule has 1 N–H and O–H groups in total. The third kappa shape index (κ3) is 3.55. The Morgan fingerprint density at radius 3 is 2.78 bits per heavy atom. The second-order valence-electron chi connectivity index (χ2n) is 4.44. The van der Waals surface area contributed by atoms with Crippen LogP contribution in [0, 0.1) is 0 Å². The number of pyridine rings is 1. The molecule has 0 unspecified atom stereocenters. The standard InChI is InChI=1S/C13H17N3O2/c17-12(10-16-9-5-4-8-13(16)18)15-14-11-6-2-1-3-7-11/h4-5,8-9H,1-3,6-7,10H2,(H,15,17). The average Bonchev–Trinajstić information content (AvgIpc) is 2.40. The zero-order valence-electron chi connectivity index (χ0n) is 10.3. The fourth-order valence-corrected chi connectivity index (χ4v) is 1.99. The summed E-state index contributed by atoms with van der Waals surface area (Å²) in [5.41, 5.74) is 3.39. The molecule has 0 aromatic carbocycles. The van der Waals surface area contributed by atoms with E-state index in [1.54, 1.807) is 18.3 Å². The summed E-state index contributed by atoms with van der Waals surface area (Å²) in [5, 5.41) is 4.11. The van der Waals surface area contributed by atoms with Gasteiger partial charge in [-0.1, -0.05) is 12.5 Å². The van der Waals surface area contributed by atoms with Gasteiger partial charge in [-0.05, 0) is 31.7 Å². The van der Waals surface area contributed by atoms with Crippen LogP contribution in [-0.4, -0.2) is 16.2 Å². The lowest BCUT2D eigenvalue weighted by atomic mass is 9.99. The lowest BCUT2D eigenvalue weighted by molar-refractivity contribution is -0.121. The summed E-state index contributed by atoms with van der Waals surface area (Å²) in [4.78, 5) is 23.0. The normalized spacial score (nSPS) is 15.2. The predicted molar refractivity (Wildman–Crippen MR) is 69.4 cm³/mol. The van der Waals surface area contributed by atoms with Crippen molar-refractivity contribution in [3.05, 3.63) is 34.7 Å². The highest BCUT2D eigenvalue weighted by molar-refractivity contribution is 5.86. The molecule has 5 nitrogen and oxygen atoms in total. The fraction of sp³-hybridized carbons (Fsp3) is 0.462. The predicted octanol–water partition coefficient (Wildman–Crippen LogP) is 1.28. The minimum absolute atomic E-state index is 0.0104. The van der Waals surface area contributed by atoms with Crippen molar-refractivity contribution in [1.29, 1.82) is 0 Å². The molecule has 0 atom stereocenters. The molecule has 1 aliphatic carbocycles. The van der Waals surface area contributed by atoms with Gasteiger partial charge in [0.05, 0.1) is 0 Å². The van der Waals surface area contributed by atoms with Crippen LogP contribution in [-0.2, 0) is 11.3 Å². The first-order valence-corrected chi connectivity index (χ1v) is 6.25. The monoisotopic (exact) mass is 247 g/mol. The summed E-state index contributed by atoms with van der Waals surface area (Å²) in [6.45, 7) is 0.0104. The van der Waals surface area contributed by atoms with Gasteiger partial charge < -0.3 is 4.57 Å². The molecule has 0 bridgehead atoms. The van der Waals surface area contributed by atoms with Crippen LogP contribution < -0.4 is 11.0 Å². The van der Waals surface area contributed by atoms with Gasteiger partial charge in [0.25, 0.3) is 11.5 Å². The highest BCUT2D eigenvalue weighted by Crippen LogP contribution is 2.14. The Balaban J connectivity index is 1.89. The summed E-state index contributed by atoms with van der Waals surface area (Å²) in [6, 6.07) is 4.81. The van der Waals surface area contributed by atoms with E-state index in [2.05, 4.69) is 10.5 Å². The first-order valence-electron chi connectivity index (χ1n) is 6.25. The van der Waals surface area contributed by atoms with E-state index in [1.165, 1.54) is 17.1 Å². The van der Waals surface area contributed by atoms with Crippen molar-refractivity contribution < 1.29 is 4.79 Å². The van der Waals surface area contributed by atoms with Gasteiger partial charge >= 0.3 is 0 Å². The van der Waals surface area contributed by atoms with Gasteiger partial charge in [-0.3, -0.25) is 9.59 Å². The minimum Gasteiger partial charge on any atom is -0.306 e. The van der Waals surface area contributed by atoms with E-state index in [1.807, 2.05) is 0 Å². The quantitative estimate of drug-likeness (QED) is 0.818. The molecule has 5 heteroatoms. The Hall–Kier alpha value is -1.91. The SMILES string of the molecule is O=C(Cn1ccccc1=O)NN=C1CCCCC1. The van der Waals surface area contributed by atoms with Crippen LogP contribution in [0.5, 0.6) is 0 Å². The molecule has 1 saturated carbocycles. The number of hydrazone groups is 1. The number of carbonyl (C=O) groups excluding carboxylic acids is 1. The number of nitrogens with one attached hydrogen (secondary N) is 1. The Kier molecular flexibility index (Phi) is 4.28. The Bertz CT molecular complexity index is 497. The lowest BCUT2D eigenvalue weighted by Crippen LogP contribution is -2.29. The van der Waals surface area contributed by atoms with Crippen LogP contribution in [0.2, 0.25) is 0 Å². The highest BCUT2D eigenvalue weighted by atomic mass is 16.2. The van der Waals surface area contributed by atoms with E-state index in [-0.39, 0.29) is 18.0 Å². The van der Waals surface area contributed by atoms with Gasteiger partial charge in [0.2, 0.25) is 0 Å². The third-order valence-corrected chi connectivity index (χ3v) is 2.98. The molecule has 0 aliphatic heterocycles. The van der Waals surface area contributed by atoms with Crippen LogP contribution >= 0.6 is 0 Å². The second kappa shape index (κ2) is 6.14. The molecule has 1 amide bonds. The van der Waals surface area contributed by atoms with Gasteiger partial charge in [0.1, 0.15) is 6.54 Å². The number of carbonyl (C=O) groups is 1. The van der Waals surface area contributed by atoms with E-state index in [9.17, 15) is 9.59 Å². The minimum atomic E-state index is -0.263. The first kappa shape index (κ1) is 12.5. The average molecular weight is 247 g/mol. The van der Waals surface area contributed by atoms with Gasteiger partial charge in [0, 0.05) is 18.0 Å². The van der Waals surface area contributed by atoms with E-state index in [0.29, 0.717) is 0 Å². The molecular weight excluding hydrogens is 230 g/mol. The molecule has 0 spiro atoms. The topological polar surface area (TPSA) is 63.5 Å². The van der Waals surface area contributed by atoms with Crippen LogP contribution in [0.25, 0.3) is 0 Å². The fourth-order valence-electron chi connectivity index (χ4n) is 1.99. The summed E-state index contributed by atoms with van der Waals surface area (Å²) in [5.74, 6) is -0.263. The van der Waals surface area contributed by atoms with Crippen molar-refractivity contribution in [3.8, 4) is 0 Å². The number of aromatic nitrogens is 1. The second-order valence-corrected chi connectivity index (χ2v) is 4.44. The number of amides is 1. The largest absolute Gasteiger partial charge is 0.306 e. The van der Waals surface area contributed by atoms with Crippen LogP contribution in [0.3, 0.4) is 0 Å². The Labute approximate surface area is 106 Å². The molecule has 1 fully saturated rings. The summed E-state index contributed by atoms with van der Waals surface area (Å²) in [7, 11) is 0. The van der Waals surface area contributed by atoms with Gasteiger partial charge in [-0.2, -0.15) is 5.10 Å². The molecule has 1 heterocycles. The zero-order valence-corrected chi connectivity index (χ0v) is 10.3. The summed E-state index contributed by atoms with van der Waals surface area (Å²) < 4.78 is 1.36. The lowest BCUT2D eigenvalue weighted by Gasteiger charge is -2.12. The summed E-state index contributed by atoms with van der Waals surface area (Å²) in [6.07, 6.45) is 7.05. The maximum absolute atomic E-state index is 11.6. The molecule has 2 rings (SSSR count). The molecule has 1 aromatic rings. The van der Waals surface area contributed by atoms with Gasteiger partial charge in [0.15, 0.2) is 0 Å². The van der Waals surface area contributed by atoms with Crippen molar-refractivity contribution in [2.75, 3.05) is 0 Å². The van der Waals surface area contributed by atoms with E-state index in [0.717, 1.165) is 31.4 Å². The Morgan fingerprint density at radius 2 is 2.06 bits per heavy atom. The van der Waals surface area contributed by atoms with Crippen LogP contribution in [0.1, 0.15) is 32.1 Å².